The summed E-state index contributed by atoms with van der Waals surface area (Å²) < 4.78 is 2.24. The minimum Gasteiger partial charge on any atom is -0.619 e. The maximum absolute atomic E-state index is 13.1. The van der Waals surface area contributed by atoms with E-state index in [2.05, 4.69) is 36.4 Å². The second-order valence-electron chi connectivity index (χ2n) is 11.3. The van der Waals surface area contributed by atoms with Crippen molar-refractivity contribution in [2.24, 2.45) is 7.05 Å². The Balaban J connectivity index is 1.39. The molecule has 8 heteroatoms. The molecule has 3 aromatic carbocycles. The molecule has 0 fully saturated rings. The molecule has 0 saturated heterocycles. The summed E-state index contributed by atoms with van der Waals surface area (Å²) in [5.41, 5.74) is 6.68. The Bertz CT molecular complexity index is 1820. The molecule has 0 atom stereocenters. The number of carbonyl (C=O) groups is 1. The van der Waals surface area contributed by atoms with E-state index < -0.39 is 0 Å². The molecule has 0 aliphatic carbocycles. The highest BCUT2D eigenvalue weighted by atomic mass is 16.5. The zero-order valence-electron chi connectivity index (χ0n) is 24.3. The summed E-state index contributed by atoms with van der Waals surface area (Å²) in [5, 5.41) is 17.8. The van der Waals surface area contributed by atoms with Crippen LogP contribution in [-0.4, -0.2) is 15.5 Å². The molecule has 0 spiro atoms. The SMILES string of the molecule is Cc1c(NC(=O)c2ccc(C(C)(C)C)cc2)cccc1-c1cn(C)c(=O)c(Nc2ccc(-c3ccc[n+]([O-])c3)cc2)n1. The topological polar surface area (TPSA) is 103 Å². The van der Waals surface area contributed by atoms with E-state index >= 15 is 0 Å². The van der Waals surface area contributed by atoms with Crippen molar-refractivity contribution in [1.29, 1.82) is 0 Å². The van der Waals surface area contributed by atoms with Crippen LogP contribution in [0.3, 0.4) is 0 Å². The van der Waals surface area contributed by atoms with E-state index in [1.165, 1.54) is 17.0 Å². The fourth-order valence-electron chi connectivity index (χ4n) is 4.69. The van der Waals surface area contributed by atoms with Crippen molar-refractivity contribution in [2.45, 2.75) is 33.1 Å². The molecule has 2 N–H and O–H groups in total. The number of nitrogens with zero attached hydrogens (tertiary/aromatic N) is 3. The third-order valence-corrected chi connectivity index (χ3v) is 7.20. The first-order valence-electron chi connectivity index (χ1n) is 13.7. The minimum absolute atomic E-state index is 0.00402. The van der Waals surface area contributed by atoms with Gasteiger partial charge in [-0.3, -0.25) is 9.59 Å². The predicted molar refractivity (Wildman–Crippen MR) is 167 cm³/mol. The third kappa shape index (κ3) is 6.07. The Hall–Kier alpha value is -5.24. The van der Waals surface area contributed by atoms with Crippen LogP contribution in [0.1, 0.15) is 42.3 Å². The lowest BCUT2D eigenvalue weighted by Gasteiger charge is -2.19. The Labute approximate surface area is 244 Å². The molecule has 0 aliphatic heterocycles. The van der Waals surface area contributed by atoms with Gasteiger partial charge in [-0.2, -0.15) is 4.73 Å². The normalized spacial score (nSPS) is 11.3. The highest BCUT2D eigenvalue weighted by Gasteiger charge is 2.17. The number of hydrogen-bond acceptors (Lipinski definition) is 5. The Morgan fingerprint density at radius 2 is 1.64 bits per heavy atom. The van der Waals surface area contributed by atoms with E-state index in [0.29, 0.717) is 22.6 Å². The van der Waals surface area contributed by atoms with Gasteiger partial charge in [-0.1, -0.05) is 57.2 Å². The molecule has 42 heavy (non-hydrogen) atoms. The van der Waals surface area contributed by atoms with Crippen molar-refractivity contribution in [1.82, 2.24) is 9.55 Å². The van der Waals surface area contributed by atoms with E-state index in [-0.39, 0.29) is 22.7 Å². The summed E-state index contributed by atoms with van der Waals surface area (Å²) in [6, 6.07) is 24.2. The van der Waals surface area contributed by atoms with E-state index in [1.807, 2.05) is 79.7 Å². The Kier molecular flexibility index (Phi) is 7.63. The molecule has 8 nitrogen and oxygen atoms in total. The first-order chi connectivity index (χ1) is 20.0. The van der Waals surface area contributed by atoms with Crippen molar-refractivity contribution in [3.05, 3.63) is 130 Å². The zero-order valence-corrected chi connectivity index (χ0v) is 24.3. The predicted octanol–water partition coefficient (Wildman–Crippen LogP) is 6.35. The molecule has 1 amide bonds. The number of rotatable bonds is 6. The monoisotopic (exact) mass is 559 g/mol. The molecule has 0 unspecified atom stereocenters. The maximum Gasteiger partial charge on any atom is 0.293 e. The second-order valence-corrected chi connectivity index (χ2v) is 11.3. The molecule has 2 heterocycles. The molecule has 0 aliphatic rings. The lowest BCUT2D eigenvalue weighted by Crippen LogP contribution is -2.23. The fraction of sp³-hybridized carbons (Fsp3) is 0.176. The van der Waals surface area contributed by atoms with E-state index in [1.54, 1.807) is 19.3 Å². The van der Waals surface area contributed by atoms with Gasteiger partial charge < -0.3 is 20.4 Å². The number of pyridine rings is 1. The van der Waals surface area contributed by atoms with Crippen LogP contribution in [0.15, 0.2) is 102 Å². The van der Waals surface area contributed by atoms with Gasteiger partial charge in [0, 0.05) is 47.4 Å². The number of hydrogen-bond donors (Lipinski definition) is 2. The first kappa shape index (κ1) is 28.3. The zero-order chi connectivity index (χ0) is 30.0. The number of aryl methyl sites for hydroxylation is 1. The largest absolute Gasteiger partial charge is 0.619 e. The van der Waals surface area contributed by atoms with Crippen molar-refractivity contribution < 1.29 is 9.52 Å². The van der Waals surface area contributed by atoms with Crippen LogP contribution in [0, 0.1) is 12.1 Å². The summed E-state index contributed by atoms with van der Waals surface area (Å²) in [6.45, 7) is 8.33. The molecular weight excluding hydrogens is 526 g/mol. The smallest absolute Gasteiger partial charge is 0.293 e. The molecule has 212 valence electrons. The Morgan fingerprint density at radius 1 is 0.929 bits per heavy atom. The molecule has 0 radical (unpaired) electrons. The van der Waals surface area contributed by atoms with Crippen LogP contribution in [0.25, 0.3) is 22.4 Å². The average Bonchev–Trinajstić information content (AvgIpc) is 2.96. The first-order valence-corrected chi connectivity index (χ1v) is 13.7. The number of carbonyl (C=O) groups excluding carboxylic acids is 1. The lowest BCUT2D eigenvalue weighted by atomic mass is 9.86. The Morgan fingerprint density at radius 3 is 2.31 bits per heavy atom. The van der Waals surface area contributed by atoms with Crippen LogP contribution in [0.4, 0.5) is 17.2 Å². The van der Waals surface area contributed by atoms with Gasteiger partial charge >= 0.3 is 0 Å². The highest BCUT2D eigenvalue weighted by Crippen LogP contribution is 2.29. The van der Waals surface area contributed by atoms with E-state index in [0.717, 1.165) is 32.5 Å². The summed E-state index contributed by atoms with van der Waals surface area (Å²) in [5.74, 6) is -0.0249. The van der Waals surface area contributed by atoms with Crippen molar-refractivity contribution in [3.63, 3.8) is 0 Å². The fourth-order valence-corrected chi connectivity index (χ4v) is 4.69. The van der Waals surface area contributed by atoms with Gasteiger partial charge in [0.25, 0.3) is 11.5 Å². The van der Waals surface area contributed by atoms with E-state index in [9.17, 15) is 14.8 Å². The quantitative estimate of drug-likeness (QED) is 0.186. The molecular formula is C34H33N5O3. The molecule has 0 bridgehead atoms. The van der Waals surface area contributed by atoms with Crippen LogP contribution in [0.2, 0.25) is 0 Å². The van der Waals surface area contributed by atoms with E-state index in [4.69, 9.17) is 0 Å². The molecule has 0 saturated carbocycles. The van der Waals surface area contributed by atoms with Crippen LogP contribution >= 0.6 is 0 Å². The second kappa shape index (κ2) is 11.3. The van der Waals surface area contributed by atoms with Crippen LogP contribution < -0.4 is 20.9 Å². The van der Waals surface area contributed by atoms with Crippen molar-refractivity contribution in [3.8, 4) is 22.4 Å². The summed E-state index contributed by atoms with van der Waals surface area (Å²) in [6.07, 6.45) is 4.62. The van der Waals surface area contributed by atoms with Crippen molar-refractivity contribution in [2.75, 3.05) is 10.6 Å². The summed E-state index contributed by atoms with van der Waals surface area (Å²) >= 11 is 0. The van der Waals surface area contributed by atoms with Gasteiger partial charge in [-0.25, -0.2) is 4.98 Å². The van der Waals surface area contributed by atoms with Gasteiger partial charge in [0.15, 0.2) is 18.2 Å². The standard InChI is InChI=1S/C34H33N5O3/c1-22-28(9-6-10-29(22)37-32(40)24-11-15-26(16-12-24)34(2,3)4)30-21-38(5)33(41)31(36-30)35-27-17-13-23(14-18-27)25-8-7-19-39(42)20-25/h6-21H,1-5H3,(H,35,36)(H,37,40). The van der Waals surface area contributed by atoms with Gasteiger partial charge in [0.2, 0.25) is 0 Å². The number of aromatic nitrogens is 3. The third-order valence-electron chi connectivity index (χ3n) is 7.20. The van der Waals surface area contributed by atoms with Crippen LogP contribution in [-0.2, 0) is 12.5 Å². The van der Waals surface area contributed by atoms with Crippen molar-refractivity contribution >= 4 is 23.1 Å². The minimum atomic E-state index is -0.279. The highest BCUT2D eigenvalue weighted by molar-refractivity contribution is 6.05. The van der Waals surface area contributed by atoms with Gasteiger partial charge in [-0.05, 0) is 65.4 Å². The van der Waals surface area contributed by atoms with Gasteiger partial charge in [0.05, 0.1) is 5.69 Å². The average molecular weight is 560 g/mol. The maximum atomic E-state index is 13.1. The summed E-state index contributed by atoms with van der Waals surface area (Å²) in [7, 11) is 1.68. The number of benzene rings is 3. The number of amides is 1. The van der Waals surface area contributed by atoms with Gasteiger partial charge in [-0.15, -0.1) is 0 Å². The molecule has 5 aromatic rings. The summed E-state index contributed by atoms with van der Waals surface area (Å²) in [4.78, 5) is 30.7. The number of anilines is 3. The number of nitrogens with one attached hydrogen (secondary N) is 2. The lowest BCUT2D eigenvalue weighted by molar-refractivity contribution is -0.604. The van der Waals surface area contributed by atoms with Gasteiger partial charge in [0.1, 0.15) is 0 Å². The molecule has 5 rings (SSSR count). The van der Waals surface area contributed by atoms with Crippen LogP contribution in [0.5, 0.6) is 0 Å². The molecule has 2 aromatic heterocycles.